The van der Waals surface area contributed by atoms with Gasteiger partial charge < -0.3 is 16.0 Å². The molecule has 0 bridgehead atoms. The maximum Gasteiger partial charge on any atom is 0.221 e. The molecule has 0 aromatic heterocycles. The SMILES string of the molecule is CC(=O)Nc1ccc(C)c(NC(=S)Nc2ccc(Cl)cc2C)c1. The largest absolute Gasteiger partial charge is 0.332 e. The summed E-state index contributed by atoms with van der Waals surface area (Å²) in [5.74, 6) is -0.114. The first-order valence-electron chi connectivity index (χ1n) is 7.07. The predicted octanol–water partition coefficient (Wildman–Crippen LogP) is 4.72. The molecule has 0 fully saturated rings. The third-order valence-corrected chi connectivity index (χ3v) is 3.68. The lowest BCUT2D eigenvalue weighted by molar-refractivity contribution is -0.114. The highest BCUT2D eigenvalue weighted by atomic mass is 35.5. The van der Waals surface area contributed by atoms with Gasteiger partial charge in [-0.3, -0.25) is 4.79 Å². The van der Waals surface area contributed by atoms with Crippen LogP contribution in [-0.2, 0) is 4.79 Å². The molecular formula is C17H18ClN3OS. The zero-order chi connectivity index (χ0) is 17.0. The summed E-state index contributed by atoms with van der Waals surface area (Å²) in [6.45, 7) is 5.40. The van der Waals surface area contributed by atoms with Gasteiger partial charge in [-0.25, -0.2) is 0 Å². The van der Waals surface area contributed by atoms with Crippen LogP contribution in [0.2, 0.25) is 5.02 Å². The minimum atomic E-state index is -0.114. The lowest BCUT2D eigenvalue weighted by Gasteiger charge is -2.15. The quantitative estimate of drug-likeness (QED) is 0.703. The Hall–Kier alpha value is -2.11. The van der Waals surface area contributed by atoms with Crippen molar-refractivity contribution in [2.45, 2.75) is 20.8 Å². The highest BCUT2D eigenvalue weighted by molar-refractivity contribution is 7.80. The summed E-state index contributed by atoms with van der Waals surface area (Å²) in [6, 6.07) is 11.2. The number of carbonyl (C=O) groups is 1. The normalized spacial score (nSPS) is 10.1. The standard InChI is InChI=1S/C17H18ClN3OS/c1-10-4-6-14(19-12(3)22)9-16(10)21-17(23)20-15-7-5-13(18)8-11(15)2/h4-9H,1-3H3,(H,19,22)(H2,20,21,23). The van der Waals surface area contributed by atoms with Gasteiger partial charge in [0.1, 0.15) is 0 Å². The molecule has 2 aromatic rings. The molecular weight excluding hydrogens is 330 g/mol. The average molecular weight is 348 g/mol. The molecule has 0 spiro atoms. The Morgan fingerprint density at radius 3 is 2.30 bits per heavy atom. The lowest BCUT2D eigenvalue weighted by Crippen LogP contribution is -2.20. The maximum absolute atomic E-state index is 11.2. The Labute approximate surface area is 146 Å². The Morgan fingerprint density at radius 1 is 0.957 bits per heavy atom. The van der Waals surface area contributed by atoms with Crippen LogP contribution >= 0.6 is 23.8 Å². The molecule has 120 valence electrons. The average Bonchev–Trinajstić information content (AvgIpc) is 2.45. The fourth-order valence-electron chi connectivity index (χ4n) is 2.08. The van der Waals surface area contributed by atoms with Gasteiger partial charge in [0.25, 0.3) is 0 Å². The van der Waals surface area contributed by atoms with Gasteiger partial charge in [0.15, 0.2) is 5.11 Å². The molecule has 0 saturated carbocycles. The van der Waals surface area contributed by atoms with Crippen LogP contribution in [0.25, 0.3) is 0 Å². The van der Waals surface area contributed by atoms with Gasteiger partial charge in [-0.1, -0.05) is 17.7 Å². The van der Waals surface area contributed by atoms with Crippen LogP contribution in [0.3, 0.4) is 0 Å². The van der Waals surface area contributed by atoms with Gasteiger partial charge in [-0.15, -0.1) is 0 Å². The van der Waals surface area contributed by atoms with Gasteiger partial charge in [-0.05, 0) is 67.5 Å². The highest BCUT2D eigenvalue weighted by Crippen LogP contribution is 2.22. The second-order valence-electron chi connectivity index (χ2n) is 5.25. The number of anilines is 3. The van der Waals surface area contributed by atoms with Crippen molar-refractivity contribution in [1.82, 2.24) is 0 Å². The number of thiocarbonyl (C=S) groups is 1. The summed E-state index contributed by atoms with van der Waals surface area (Å²) >= 11 is 11.3. The van der Waals surface area contributed by atoms with Crippen LogP contribution in [0.15, 0.2) is 36.4 Å². The Morgan fingerprint density at radius 2 is 1.65 bits per heavy atom. The van der Waals surface area contributed by atoms with E-state index in [-0.39, 0.29) is 5.91 Å². The van der Waals surface area contributed by atoms with E-state index in [2.05, 4.69) is 16.0 Å². The van der Waals surface area contributed by atoms with E-state index >= 15 is 0 Å². The van der Waals surface area contributed by atoms with Crippen LogP contribution in [-0.4, -0.2) is 11.0 Å². The molecule has 1 amide bonds. The van der Waals surface area contributed by atoms with Crippen LogP contribution in [0.5, 0.6) is 0 Å². The molecule has 0 aliphatic heterocycles. The Kier molecular flexibility index (Phi) is 5.58. The van der Waals surface area contributed by atoms with Gasteiger partial charge >= 0.3 is 0 Å². The van der Waals surface area contributed by atoms with Crippen molar-refractivity contribution in [3.63, 3.8) is 0 Å². The third kappa shape index (κ3) is 4.94. The minimum absolute atomic E-state index is 0.114. The van der Waals surface area contributed by atoms with Crippen molar-refractivity contribution in [3.8, 4) is 0 Å². The van der Waals surface area contributed by atoms with E-state index in [1.165, 1.54) is 6.92 Å². The fraction of sp³-hybridized carbons (Fsp3) is 0.176. The molecule has 0 heterocycles. The molecule has 0 saturated heterocycles. The predicted molar refractivity (Wildman–Crippen MR) is 102 cm³/mol. The van der Waals surface area contributed by atoms with E-state index in [0.717, 1.165) is 28.2 Å². The molecule has 2 aromatic carbocycles. The minimum Gasteiger partial charge on any atom is -0.332 e. The molecule has 23 heavy (non-hydrogen) atoms. The summed E-state index contributed by atoms with van der Waals surface area (Å²) in [7, 11) is 0. The molecule has 2 rings (SSSR count). The van der Waals surface area contributed by atoms with Crippen molar-refractivity contribution in [2.75, 3.05) is 16.0 Å². The summed E-state index contributed by atoms with van der Waals surface area (Å²) in [4.78, 5) is 11.2. The van der Waals surface area contributed by atoms with Gasteiger partial charge in [-0.2, -0.15) is 0 Å². The van der Waals surface area contributed by atoms with E-state index in [0.29, 0.717) is 10.1 Å². The molecule has 0 aliphatic carbocycles. The zero-order valence-electron chi connectivity index (χ0n) is 13.2. The molecule has 4 nitrogen and oxygen atoms in total. The maximum atomic E-state index is 11.2. The number of carbonyl (C=O) groups excluding carboxylic acids is 1. The molecule has 3 N–H and O–H groups in total. The monoisotopic (exact) mass is 347 g/mol. The molecule has 0 atom stereocenters. The number of halogens is 1. The fourth-order valence-corrected chi connectivity index (χ4v) is 2.53. The van der Waals surface area contributed by atoms with Crippen LogP contribution < -0.4 is 16.0 Å². The first-order chi connectivity index (χ1) is 10.8. The van der Waals surface area contributed by atoms with Crippen LogP contribution in [0.1, 0.15) is 18.1 Å². The van der Waals surface area contributed by atoms with Gasteiger partial charge in [0.05, 0.1) is 0 Å². The molecule has 0 unspecified atom stereocenters. The smallest absolute Gasteiger partial charge is 0.221 e. The Bertz CT molecular complexity index is 761. The Balaban J connectivity index is 2.11. The van der Waals surface area contributed by atoms with Crippen LogP contribution in [0, 0.1) is 13.8 Å². The van der Waals surface area contributed by atoms with Crippen molar-refractivity contribution in [3.05, 3.63) is 52.5 Å². The van der Waals surface area contributed by atoms with E-state index in [1.807, 2.05) is 50.2 Å². The number of rotatable bonds is 3. The van der Waals surface area contributed by atoms with E-state index in [1.54, 1.807) is 0 Å². The number of hydrogen-bond donors (Lipinski definition) is 3. The first kappa shape index (κ1) is 17.2. The van der Waals surface area contributed by atoms with Gasteiger partial charge in [0.2, 0.25) is 5.91 Å². The van der Waals surface area contributed by atoms with Crippen molar-refractivity contribution in [2.24, 2.45) is 0 Å². The summed E-state index contributed by atoms with van der Waals surface area (Å²) in [5, 5.41) is 10.2. The summed E-state index contributed by atoms with van der Waals surface area (Å²) < 4.78 is 0. The van der Waals surface area contributed by atoms with Crippen molar-refractivity contribution >= 4 is 51.9 Å². The molecule has 0 aliphatic rings. The second kappa shape index (κ2) is 7.44. The molecule has 0 radical (unpaired) electrons. The van der Waals surface area contributed by atoms with Crippen LogP contribution in [0.4, 0.5) is 17.1 Å². The van der Waals surface area contributed by atoms with Gasteiger partial charge in [0, 0.05) is 29.0 Å². The summed E-state index contributed by atoms with van der Waals surface area (Å²) in [5.41, 5.74) is 4.47. The zero-order valence-corrected chi connectivity index (χ0v) is 14.7. The third-order valence-electron chi connectivity index (χ3n) is 3.24. The number of benzene rings is 2. The second-order valence-corrected chi connectivity index (χ2v) is 6.09. The molecule has 6 heteroatoms. The number of aryl methyl sites for hydroxylation is 2. The number of nitrogens with one attached hydrogen (secondary N) is 3. The first-order valence-corrected chi connectivity index (χ1v) is 7.86. The summed E-state index contributed by atoms with van der Waals surface area (Å²) in [6.07, 6.45) is 0. The number of amides is 1. The van der Waals surface area contributed by atoms with Crippen molar-refractivity contribution < 1.29 is 4.79 Å². The van der Waals surface area contributed by atoms with E-state index < -0.39 is 0 Å². The van der Waals surface area contributed by atoms with E-state index in [4.69, 9.17) is 23.8 Å². The highest BCUT2D eigenvalue weighted by Gasteiger charge is 2.06. The topological polar surface area (TPSA) is 53.2 Å². The van der Waals surface area contributed by atoms with E-state index in [9.17, 15) is 4.79 Å². The number of hydrogen-bond acceptors (Lipinski definition) is 2. The lowest BCUT2D eigenvalue weighted by atomic mass is 10.2. The van der Waals surface area contributed by atoms with Crippen molar-refractivity contribution in [1.29, 1.82) is 0 Å².